The first-order valence-corrected chi connectivity index (χ1v) is 6.16. The van der Waals surface area contributed by atoms with E-state index in [2.05, 4.69) is 16.4 Å². The van der Waals surface area contributed by atoms with Crippen molar-refractivity contribution < 1.29 is 4.79 Å². The molecule has 0 radical (unpaired) electrons. The predicted molar refractivity (Wildman–Crippen MR) is 69.0 cm³/mol. The number of aromatic nitrogens is 1. The number of carbonyl (C=O) groups excluding carboxylic acids is 1. The van der Waals surface area contributed by atoms with Gasteiger partial charge in [-0.05, 0) is 19.5 Å². The highest BCUT2D eigenvalue weighted by Gasteiger charge is 2.33. The van der Waals surface area contributed by atoms with Crippen LogP contribution in [0.3, 0.4) is 0 Å². The molecule has 1 fully saturated rings. The van der Waals surface area contributed by atoms with E-state index in [0.717, 1.165) is 0 Å². The summed E-state index contributed by atoms with van der Waals surface area (Å²) in [6.45, 7) is 0.793. The average molecular weight is 260 g/mol. The van der Waals surface area contributed by atoms with Crippen LogP contribution in [0.25, 0.3) is 0 Å². The van der Waals surface area contributed by atoms with Crippen LogP contribution < -0.4 is 10.9 Å². The molecule has 6 heteroatoms. The van der Waals surface area contributed by atoms with E-state index in [9.17, 15) is 9.59 Å². The first-order valence-electron chi connectivity index (χ1n) is 6.16. The highest BCUT2D eigenvalue weighted by molar-refractivity contribution is 5.79. The first-order chi connectivity index (χ1) is 9.11. The molecule has 0 spiro atoms. The lowest BCUT2D eigenvalue weighted by Crippen LogP contribution is -2.33. The maximum absolute atomic E-state index is 12.0. The molecule has 0 bridgehead atoms. The van der Waals surface area contributed by atoms with Gasteiger partial charge >= 0.3 is 0 Å². The fourth-order valence-corrected chi connectivity index (χ4v) is 2.26. The Kier molecular flexibility index (Phi) is 3.97. The van der Waals surface area contributed by atoms with Crippen LogP contribution in [-0.4, -0.2) is 35.4 Å². The second-order valence-corrected chi connectivity index (χ2v) is 4.76. The van der Waals surface area contributed by atoms with Crippen LogP contribution in [-0.2, 0) is 11.3 Å². The molecule has 0 aromatic carbocycles. The second-order valence-electron chi connectivity index (χ2n) is 4.76. The van der Waals surface area contributed by atoms with Crippen molar-refractivity contribution in [3.05, 3.63) is 34.2 Å². The zero-order valence-corrected chi connectivity index (χ0v) is 10.7. The number of H-pyrrole nitrogens is 1. The Labute approximate surface area is 111 Å². The minimum atomic E-state index is -0.198. The van der Waals surface area contributed by atoms with Gasteiger partial charge in [-0.15, -0.1) is 0 Å². The molecule has 2 rings (SSSR count). The van der Waals surface area contributed by atoms with Crippen molar-refractivity contribution in [1.82, 2.24) is 15.2 Å². The van der Waals surface area contributed by atoms with E-state index in [4.69, 9.17) is 5.26 Å². The fourth-order valence-electron chi connectivity index (χ4n) is 2.26. The summed E-state index contributed by atoms with van der Waals surface area (Å²) in [6.07, 6.45) is 2.10. The Bertz CT molecular complexity index is 560. The average Bonchev–Trinajstić information content (AvgIpc) is 2.79. The molecule has 1 amide bonds. The standard InChI is InChI=1S/C13H16N4O2/c1-17-8-10(5-11(17)6-14)13(19)16-7-9-3-2-4-15-12(9)18/h2-4,10-11H,5,7-8H2,1H3,(H,15,18)(H,16,19). The summed E-state index contributed by atoms with van der Waals surface area (Å²) in [5.41, 5.74) is 0.334. The summed E-state index contributed by atoms with van der Waals surface area (Å²) in [4.78, 5) is 27.9. The van der Waals surface area contributed by atoms with Gasteiger partial charge in [0.2, 0.25) is 5.91 Å². The lowest BCUT2D eigenvalue weighted by molar-refractivity contribution is -0.124. The van der Waals surface area contributed by atoms with E-state index < -0.39 is 0 Å². The number of nitriles is 1. The number of rotatable bonds is 3. The molecule has 6 nitrogen and oxygen atoms in total. The molecule has 1 aromatic rings. The third-order valence-electron chi connectivity index (χ3n) is 3.42. The summed E-state index contributed by atoms with van der Waals surface area (Å²) < 4.78 is 0. The zero-order chi connectivity index (χ0) is 13.8. The molecule has 2 heterocycles. The van der Waals surface area contributed by atoms with Crippen LogP contribution >= 0.6 is 0 Å². The largest absolute Gasteiger partial charge is 0.352 e. The van der Waals surface area contributed by atoms with E-state index in [1.165, 1.54) is 0 Å². The van der Waals surface area contributed by atoms with Crippen LogP contribution in [0.4, 0.5) is 0 Å². The number of nitrogens with zero attached hydrogens (tertiary/aromatic N) is 2. The number of nitrogens with one attached hydrogen (secondary N) is 2. The maximum atomic E-state index is 12.0. The summed E-state index contributed by atoms with van der Waals surface area (Å²) >= 11 is 0. The molecular weight excluding hydrogens is 244 g/mol. The molecule has 2 unspecified atom stereocenters. The van der Waals surface area contributed by atoms with Crippen LogP contribution in [0.5, 0.6) is 0 Å². The highest BCUT2D eigenvalue weighted by atomic mass is 16.2. The van der Waals surface area contributed by atoms with Crippen molar-refractivity contribution in [3.63, 3.8) is 0 Å². The van der Waals surface area contributed by atoms with Crippen molar-refractivity contribution in [3.8, 4) is 6.07 Å². The molecule has 1 aliphatic heterocycles. The Hall–Kier alpha value is -2.13. The molecule has 1 saturated heterocycles. The molecule has 2 atom stereocenters. The van der Waals surface area contributed by atoms with Gasteiger partial charge in [-0.2, -0.15) is 5.26 Å². The Morgan fingerprint density at radius 3 is 3.11 bits per heavy atom. The molecule has 1 aromatic heterocycles. The lowest BCUT2D eigenvalue weighted by atomic mass is 10.1. The Morgan fingerprint density at radius 2 is 2.47 bits per heavy atom. The SMILES string of the molecule is CN1CC(C(=O)NCc2ccc[nH]c2=O)CC1C#N. The Balaban J connectivity index is 1.91. The van der Waals surface area contributed by atoms with Crippen LogP contribution in [0.15, 0.2) is 23.1 Å². The van der Waals surface area contributed by atoms with Gasteiger partial charge in [-0.25, -0.2) is 0 Å². The summed E-state index contributed by atoms with van der Waals surface area (Å²) in [6, 6.07) is 5.37. The quantitative estimate of drug-likeness (QED) is 0.790. The van der Waals surface area contributed by atoms with Crippen molar-refractivity contribution in [2.75, 3.05) is 13.6 Å². The summed E-state index contributed by atoms with van der Waals surface area (Å²) in [7, 11) is 1.84. The van der Waals surface area contributed by atoms with Crippen molar-refractivity contribution in [2.24, 2.45) is 5.92 Å². The van der Waals surface area contributed by atoms with E-state index in [1.54, 1.807) is 18.3 Å². The van der Waals surface area contributed by atoms with Gasteiger partial charge in [0.15, 0.2) is 0 Å². The molecule has 19 heavy (non-hydrogen) atoms. The van der Waals surface area contributed by atoms with Crippen LogP contribution in [0.2, 0.25) is 0 Å². The zero-order valence-electron chi connectivity index (χ0n) is 10.7. The molecule has 1 aliphatic rings. The normalized spacial score (nSPS) is 22.9. The van der Waals surface area contributed by atoms with Gasteiger partial charge in [0.1, 0.15) is 0 Å². The number of pyridine rings is 1. The smallest absolute Gasteiger partial charge is 0.252 e. The van der Waals surface area contributed by atoms with Gasteiger partial charge in [-0.3, -0.25) is 14.5 Å². The summed E-state index contributed by atoms with van der Waals surface area (Å²) in [5.74, 6) is -0.287. The Morgan fingerprint density at radius 1 is 1.68 bits per heavy atom. The van der Waals surface area contributed by atoms with Crippen molar-refractivity contribution >= 4 is 5.91 Å². The van der Waals surface area contributed by atoms with Gasteiger partial charge in [-0.1, -0.05) is 6.07 Å². The lowest BCUT2D eigenvalue weighted by Gasteiger charge is -2.11. The van der Waals surface area contributed by atoms with E-state index >= 15 is 0 Å². The number of hydrogen-bond acceptors (Lipinski definition) is 4. The van der Waals surface area contributed by atoms with E-state index in [-0.39, 0.29) is 30.0 Å². The topological polar surface area (TPSA) is 89.0 Å². The van der Waals surface area contributed by atoms with Crippen molar-refractivity contribution in [2.45, 2.75) is 19.0 Å². The fraction of sp³-hybridized carbons (Fsp3) is 0.462. The third kappa shape index (κ3) is 3.01. The molecule has 2 N–H and O–H groups in total. The monoisotopic (exact) mass is 260 g/mol. The van der Waals surface area contributed by atoms with Crippen LogP contribution in [0.1, 0.15) is 12.0 Å². The highest BCUT2D eigenvalue weighted by Crippen LogP contribution is 2.21. The molecule has 0 aliphatic carbocycles. The van der Waals surface area contributed by atoms with E-state index in [1.807, 2.05) is 11.9 Å². The first kappa shape index (κ1) is 13.3. The molecule has 0 saturated carbocycles. The number of likely N-dealkylation sites (tertiary alicyclic amines) is 1. The van der Waals surface area contributed by atoms with E-state index in [0.29, 0.717) is 18.5 Å². The second kappa shape index (κ2) is 5.67. The minimum absolute atomic E-state index is 0.104. The number of hydrogen-bond donors (Lipinski definition) is 2. The van der Waals surface area contributed by atoms with Gasteiger partial charge < -0.3 is 10.3 Å². The number of carbonyl (C=O) groups is 1. The predicted octanol–water partition coefficient (Wildman–Crippen LogP) is -0.165. The number of amides is 1. The third-order valence-corrected chi connectivity index (χ3v) is 3.42. The number of aromatic amines is 1. The van der Waals surface area contributed by atoms with Gasteiger partial charge in [0.05, 0.1) is 18.0 Å². The van der Waals surface area contributed by atoms with Gasteiger partial charge in [0, 0.05) is 24.8 Å². The van der Waals surface area contributed by atoms with Crippen molar-refractivity contribution in [1.29, 1.82) is 5.26 Å². The maximum Gasteiger partial charge on any atom is 0.252 e. The molecule has 100 valence electrons. The molecular formula is C13H16N4O2. The van der Waals surface area contributed by atoms with Crippen LogP contribution in [0, 0.1) is 17.2 Å². The summed E-state index contributed by atoms with van der Waals surface area (Å²) in [5, 5.41) is 11.7. The van der Waals surface area contributed by atoms with Gasteiger partial charge in [0.25, 0.3) is 5.56 Å². The minimum Gasteiger partial charge on any atom is -0.352 e.